The van der Waals surface area contributed by atoms with Gasteiger partial charge in [-0.05, 0) is 30.7 Å². The molecule has 0 radical (unpaired) electrons. The minimum atomic E-state index is -0.557. The molecule has 3 rings (SSSR count). The normalized spacial score (nSPS) is 11.9. The van der Waals surface area contributed by atoms with Crippen molar-refractivity contribution in [1.82, 2.24) is 14.9 Å². The zero-order valence-electron chi connectivity index (χ0n) is 14.3. The van der Waals surface area contributed by atoms with Crippen molar-refractivity contribution in [2.45, 2.75) is 19.5 Å². The summed E-state index contributed by atoms with van der Waals surface area (Å²) in [4.78, 5) is 39.1. The Kier molecular flexibility index (Phi) is 5.18. The van der Waals surface area contributed by atoms with E-state index in [0.29, 0.717) is 5.02 Å². The molecule has 8 nitrogen and oxygen atoms in total. The number of rotatable bonds is 5. The first-order valence-corrected chi connectivity index (χ1v) is 8.41. The van der Waals surface area contributed by atoms with Gasteiger partial charge in [0, 0.05) is 17.2 Å². The largest absolute Gasteiger partial charge is 0.348 e. The number of halogens is 1. The van der Waals surface area contributed by atoms with Gasteiger partial charge >= 0.3 is 0 Å². The van der Waals surface area contributed by atoms with Crippen LogP contribution in [0.2, 0.25) is 5.02 Å². The number of carbonyl (C=O) groups is 1. The fourth-order valence-corrected chi connectivity index (χ4v) is 2.78. The SMILES string of the molecule is CC(NC(=O)Cn1cnc2cc([N+](=O)[O-])ccc2c1=O)c1ccc(Cl)cc1. The lowest BCUT2D eigenvalue weighted by atomic mass is 10.1. The van der Waals surface area contributed by atoms with E-state index in [1.165, 1.54) is 24.5 Å². The first-order chi connectivity index (χ1) is 12.8. The number of nitro benzene ring substituents is 1. The summed E-state index contributed by atoms with van der Waals surface area (Å²) in [5, 5.41) is 14.4. The van der Waals surface area contributed by atoms with Crippen molar-refractivity contribution in [3.05, 3.63) is 79.8 Å². The molecule has 9 heteroatoms. The van der Waals surface area contributed by atoms with Crippen molar-refractivity contribution in [2.24, 2.45) is 0 Å². The number of hydrogen-bond donors (Lipinski definition) is 1. The van der Waals surface area contributed by atoms with E-state index in [-0.39, 0.29) is 35.1 Å². The van der Waals surface area contributed by atoms with Crippen LogP contribution in [0.1, 0.15) is 18.5 Å². The number of hydrogen-bond acceptors (Lipinski definition) is 5. The lowest BCUT2D eigenvalue weighted by Gasteiger charge is -2.15. The highest BCUT2D eigenvalue weighted by molar-refractivity contribution is 6.30. The van der Waals surface area contributed by atoms with Crippen LogP contribution in [0, 0.1) is 10.1 Å². The standard InChI is InChI=1S/C18H15ClN4O4/c1-11(12-2-4-13(19)5-3-12)21-17(24)9-22-10-20-16-8-14(23(26)27)6-7-15(16)18(22)25/h2-8,10-11H,9H2,1H3,(H,21,24). The Morgan fingerprint density at radius 2 is 2.00 bits per heavy atom. The van der Waals surface area contributed by atoms with E-state index < -0.39 is 10.5 Å². The molecular formula is C18H15ClN4O4. The van der Waals surface area contributed by atoms with Crippen LogP contribution in [-0.4, -0.2) is 20.4 Å². The van der Waals surface area contributed by atoms with Crippen molar-refractivity contribution in [1.29, 1.82) is 0 Å². The van der Waals surface area contributed by atoms with Crippen molar-refractivity contribution < 1.29 is 9.72 Å². The van der Waals surface area contributed by atoms with Gasteiger partial charge in [-0.15, -0.1) is 0 Å². The van der Waals surface area contributed by atoms with Crippen LogP contribution in [0.4, 0.5) is 5.69 Å². The van der Waals surface area contributed by atoms with E-state index in [1.54, 1.807) is 12.1 Å². The highest BCUT2D eigenvalue weighted by Crippen LogP contribution is 2.17. The quantitative estimate of drug-likeness (QED) is 0.536. The first kappa shape index (κ1) is 18.5. The average Bonchev–Trinajstić information content (AvgIpc) is 2.64. The summed E-state index contributed by atoms with van der Waals surface area (Å²) in [6, 6.07) is 10.6. The Hall–Kier alpha value is -3.26. The summed E-state index contributed by atoms with van der Waals surface area (Å²) in [5.74, 6) is -0.359. The minimum absolute atomic E-state index is 0.151. The van der Waals surface area contributed by atoms with E-state index in [1.807, 2.05) is 19.1 Å². The zero-order chi connectivity index (χ0) is 19.6. The molecule has 0 aliphatic carbocycles. The molecule has 1 heterocycles. The predicted molar refractivity (Wildman–Crippen MR) is 101 cm³/mol. The molecule has 1 N–H and O–H groups in total. The van der Waals surface area contributed by atoms with E-state index in [4.69, 9.17) is 11.6 Å². The summed E-state index contributed by atoms with van der Waals surface area (Å²) in [5.41, 5.74) is 0.496. The lowest BCUT2D eigenvalue weighted by molar-refractivity contribution is -0.384. The number of nitrogens with zero attached hydrogens (tertiary/aromatic N) is 3. The first-order valence-electron chi connectivity index (χ1n) is 8.03. The predicted octanol–water partition coefficient (Wildman–Crippen LogP) is 2.84. The van der Waals surface area contributed by atoms with Crippen LogP contribution < -0.4 is 10.9 Å². The smallest absolute Gasteiger partial charge is 0.271 e. The van der Waals surface area contributed by atoms with E-state index >= 15 is 0 Å². The molecule has 3 aromatic rings. The highest BCUT2D eigenvalue weighted by atomic mass is 35.5. The molecule has 0 aliphatic rings. The number of amides is 1. The summed E-state index contributed by atoms with van der Waals surface area (Å²) < 4.78 is 1.16. The Morgan fingerprint density at radius 3 is 2.67 bits per heavy atom. The van der Waals surface area contributed by atoms with Gasteiger partial charge in [0.15, 0.2) is 0 Å². The average molecular weight is 387 g/mol. The summed E-state index contributed by atoms with van der Waals surface area (Å²) in [6.07, 6.45) is 1.21. The summed E-state index contributed by atoms with van der Waals surface area (Å²) in [7, 11) is 0. The topological polar surface area (TPSA) is 107 Å². The van der Waals surface area contributed by atoms with Crippen molar-refractivity contribution in [2.75, 3.05) is 0 Å². The van der Waals surface area contributed by atoms with Gasteiger partial charge in [0.1, 0.15) is 6.54 Å². The van der Waals surface area contributed by atoms with Gasteiger partial charge in [-0.25, -0.2) is 4.98 Å². The van der Waals surface area contributed by atoms with E-state index in [9.17, 15) is 19.7 Å². The number of benzene rings is 2. The van der Waals surface area contributed by atoms with Gasteiger partial charge in [0.05, 0.1) is 28.2 Å². The van der Waals surface area contributed by atoms with Crippen LogP contribution in [0.3, 0.4) is 0 Å². The van der Waals surface area contributed by atoms with Gasteiger partial charge in [0.25, 0.3) is 11.2 Å². The molecule has 0 bridgehead atoms. The second kappa shape index (κ2) is 7.55. The Balaban J connectivity index is 1.77. The molecule has 0 spiro atoms. The zero-order valence-corrected chi connectivity index (χ0v) is 15.0. The highest BCUT2D eigenvalue weighted by Gasteiger charge is 2.14. The number of non-ortho nitro benzene ring substituents is 1. The van der Waals surface area contributed by atoms with Crippen LogP contribution in [0.15, 0.2) is 53.6 Å². The lowest BCUT2D eigenvalue weighted by Crippen LogP contribution is -2.34. The fourth-order valence-electron chi connectivity index (χ4n) is 2.65. The second-order valence-corrected chi connectivity index (χ2v) is 6.41. The van der Waals surface area contributed by atoms with Gasteiger partial charge in [0.2, 0.25) is 5.91 Å². The molecule has 27 heavy (non-hydrogen) atoms. The number of nitro groups is 1. The number of nitrogens with one attached hydrogen (secondary N) is 1. The molecule has 0 saturated heterocycles. The maximum Gasteiger partial charge on any atom is 0.271 e. The minimum Gasteiger partial charge on any atom is -0.348 e. The number of carbonyl (C=O) groups excluding carboxylic acids is 1. The van der Waals surface area contributed by atoms with E-state index in [2.05, 4.69) is 10.3 Å². The van der Waals surface area contributed by atoms with Gasteiger partial charge in [-0.3, -0.25) is 24.3 Å². The van der Waals surface area contributed by atoms with Crippen LogP contribution in [0.5, 0.6) is 0 Å². The fraction of sp³-hybridized carbons (Fsp3) is 0.167. The molecule has 2 aromatic carbocycles. The Labute approximate surface area is 158 Å². The molecule has 1 amide bonds. The van der Waals surface area contributed by atoms with Crippen molar-refractivity contribution in [3.63, 3.8) is 0 Å². The maximum absolute atomic E-state index is 12.5. The third kappa shape index (κ3) is 4.12. The molecule has 138 valence electrons. The molecule has 0 saturated carbocycles. The van der Waals surface area contributed by atoms with Crippen molar-refractivity contribution in [3.8, 4) is 0 Å². The third-order valence-electron chi connectivity index (χ3n) is 4.08. The molecular weight excluding hydrogens is 372 g/mol. The second-order valence-electron chi connectivity index (χ2n) is 5.98. The van der Waals surface area contributed by atoms with Gasteiger partial charge < -0.3 is 5.32 Å². The summed E-state index contributed by atoms with van der Waals surface area (Å²) >= 11 is 5.85. The number of fused-ring (bicyclic) bond motifs is 1. The Morgan fingerprint density at radius 1 is 1.30 bits per heavy atom. The van der Waals surface area contributed by atoms with Gasteiger partial charge in [-0.2, -0.15) is 0 Å². The maximum atomic E-state index is 12.5. The molecule has 0 fully saturated rings. The number of aromatic nitrogens is 2. The molecule has 1 unspecified atom stereocenters. The van der Waals surface area contributed by atoms with Crippen LogP contribution in [0.25, 0.3) is 10.9 Å². The van der Waals surface area contributed by atoms with Crippen LogP contribution >= 0.6 is 11.6 Å². The molecule has 1 atom stereocenters. The third-order valence-corrected chi connectivity index (χ3v) is 4.33. The van der Waals surface area contributed by atoms with Gasteiger partial charge in [-0.1, -0.05) is 23.7 Å². The van der Waals surface area contributed by atoms with Crippen molar-refractivity contribution >= 4 is 34.1 Å². The molecule has 0 aliphatic heterocycles. The van der Waals surface area contributed by atoms with E-state index in [0.717, 1.165) is 10.1 Å². The van der Waals surface area contributed by atoms with Crippen LogP contribution in [-0.2, 0) is 11.3 Å². The monoisotopic (exact) mass is 386 g/mol. The summed E-state index contributed by atoms with van der Waals surface area (Å²) in [6.45, 7) is 1.61. The Bertz CT molecular complexity index is 1080. The molecule has 1 aromatic heterocycles.